The Hall–Kier alpha value is -2.28. The molecule has 25 heavy (non-hydrogen) atoms. The predicted molar refractivity (Wildman–Crippen MR) is 103 cm³/mol. The molecule has 0 aromatic heterocycles. The Morgan fingerprint density at radius 2 is 2.08 bits per heavy atom. The molecule has 2 atom stereocenters. The number of hydrogen-bond acceptors (Lipinski definition) is 3. The van der Waals surface area contributed by atoms with Crippen molar-refractivity contribution in [3.8, 4) is 18.1 Å². The van der Waals surface area contributed by atoms with Crippen LogP contribution in [0.25, 0.3) is 0 Å². The van der Waals surface area contributed by atoms with Crippen LogP contribution in [0.1, 0.15) is 35.6 Å². The molecule has 3 rings (SSSR count). The molecule has 1 aliphatic rings. The summed E-state index contributed by atoms with van der Waals surface area (Å²) in [7, 11) is 1.72. The molecule has 2 aromatic carbocycles. The maximum atomic E-state index is 5.52. The summed E-state index contributed by atoms with van der Waals surface area (Å²) in [6.45, 7) is 1.84. The number of ether oxygens (including phenoxy) is 1. The highest BCUT2D eigenvalue weighted by Crippen LogP contribution is 2.25. The fourth-order valence-electron chi connectivity index (χ4n) is 3.56. The van der Waals surface area contributed by atoms with E-state index in [4.69, 9.17) is 11.2 Å². The number of hydrogen-bond donors (Lipinski definition) is 2. The summed E-state index contributed by atoms with van der Waals surface area (Å²) in [6.07, 6.45) is 8.45. The van der Waals surface area contributed by atoms with Crippen molar-refractivity contribution in [1.82, 2.24) is 10.6 Å². The number of methoxy groups -OCH3 is 1. The maximum Gasteiger partial charge on any atom is 0.123 e. The second kappa shape index (κ2) is 8.71. The van der Waals surface area contributed by atoms with Crippen LogP contribution in [0, 0.1) is 12.3 Å². The third kappa shape index (κ3) is 4.42. The molecule has 2 N–H and O–H groups in total. The average molecular weight is 334 g/mol. The molecule has 2 aromatic rings. The van der Waals surface area contributed by atoms with Crippen LogP contribution in [-0.2, 0) is 13.0 Å². The predicted octanol–water partition coefficient (Wildman–Crippen LogP) is 3.45. The van der Waals surface area contributed by atoms with E-state index in [1.807, 2.05) is 12.1 Å². The third-order valence-electron chi connectivity index (χ3n) is 4.82. The first-order valence-electron chi connectivity index (χ1n) is 8.93. The van der Waals surface area contributed by atoms with Crippen LogP contribution >= 0.6 is 0 Å². The molecule has 130 valence electrons. The second-order valence-corrected chi connectivity index (χ2v) is 6.50. The van der Waals surface area contributed by atoms with E-state index in [1.54, 1.807) is 7.11 Å². The van der Waals surface area contributed by atoms with Gasteiger partial charge < -0.3 is 15.4 Å². The molecule has 1 heterocycles. The lowest BCUT2D eigenvalue weighted by Gasteiger charge is -2.34. The van der Waals surface area contributed by atoms with Gasteiger partial charge in [0.15, 0.2) is 0 Å². The zero-order chi connectivity index (χ0) is 17.5. The molecule has 3 nitrogen and oxygen atoms in total. The number of piperidine rings is 1. The zero-order valence-electron chi connectivity index (χ0n) is 14.8. The minimum Gasteiger partial charge on any atom is -0.496 e. The molecule has 0 bridgehead atoms. The third-order valence-corrected chi connectivity index (χ3v) is 4.82. The van der Waals surface area contributed by atoms with Crippen molar-refractivity contribution in [3.63, 3.8) is 0 Å². The van der Waals surface area contributed by atoms with Crippen LogP contribution < -0.4 is 15.4 Å². The van der Waals surface area contributed by atoms with Crippen molar-refractivity contribution in [2.75, 3.05) is 13.7 Å². The van der Waals surface area contributed by atoms with Gasteiger partial charge in [-0.05, 0) is 42.6 Å². The Bertz CT molecular complexity index is 721. The number of terminal acetylenes is 1. The highest BCUT2D eigenvalue weighted by Gasteiger charge is 2.25. The maximum absolute atomic E-state index is 5.52. The Kier molecular flexibility index (Phi) is 6.11. The van der Waals surface area contributed by atoms with Crippen molar-refractivity contribution < 1.29 is 4.74 Å². The van der Waals surface area contributed by atoms with E-state index in [1.165, 1.54) is 18.4 Å². The van der Waals surface area contributed by atoms with Gasteiger partial charge in [0.05, 0.1) is 7.11 Å². The lowest BCUT2D eigenvalue weighted by atomic mass is 9.92. The fraction of sp³-hybridized carbons (Fsp3) is 0.364. The van der Waals surface area contributed by atoms with Crippen molar-refractivity contribution >= 4 is 0 Å². The topological polar surface area (TPSA) is 33.3 Å². The summed E-state index contributed by atoms with van der Waals surface area (Å²) < 4.78 is 5.52. The van der Waals surface area contributed by atoms with Crippen LogP contribution in [0.15, 0.2) is 48.5 Å². The van der Waals surface area contributed by atoms with Gasteiger partial charge in [-0.3, -0.25) is 0 Å². The van der Waals surface area contributed by atoms with Gasteiger partial charge in [0.25, 0.3) is 0 Å². The molecular formula is C22H26N2O. The molecule has 0 amide bonds. The molecule has 3 heteroatoms. The highest BCUT2D eigenvalue weighted by molar-refractivity contribution is 5.38. The Labute approximate surface area is 150 Å². The van der Waals surface area contributed by atoms with Crippen LogP contribution in [0.2, 0.25) is 0 Å². The van der Waals surface area contributed by atoms with Crippen LogP contribution in [-0.4, -0.2) is 19.7 Å². The van der Waals surface area contributed by atoms with Gasteiger partial charge in [-0.2, -0.15) is 0 Å². The molecule has 1 fully saturated rings. The molecule has 0 radical (unpaired) electrons. The van der Waals surface area contributed by atoms with Crippen molar-refractivity contribution in [1.29, 1.82) is 0 Å². The van der Waals surface area contributed by atoms with Crippen LogP contribution in [0.4, 0.5) is 0 Å². The van der Waals surface area contributed by atoms with E-state index in [9.17, 15) is 0 Å². The standard InChI is InChI=1S/C22H26N2O/c1-3-8-17-12-13-21(25-2)19(15-17)16-24-20-11-7-14-23-22(20)18-9-5-4-6-10-18/h1,4-6,9-10,12-13,15,20,22-24H,7-8,11,14,16H2,2H3/t20-,22-/m0/s1. The Balaban J connectivity index is 1.73. The molecule has 0 saturated carbocycles. The van der Waals surface area contributed by atoms with Crippen molar-refractivity contribution in [2.45, 2.75) is 37.9 Å². The van der Waals surface area contributed by atoms with E-state index in [-0.39, 0.29) is 0 Å². The SMILES string of the molecule is C#CCc1ccc(OC)c(CN[C@H]2CCCN[C@H]2c2ccccc2)c1. The normalized spacial score (nSPS) is 20.0. The van der Waals surface area contributed by atoms with Gasteiger partial charge in [0, 0.05) is 30.6 Å². The van der Waals surface area contributed by atoms with Gasteiger partial charge >= 0.3 is 0 Å². The fourth-order valence-corrected chi connectivity index (χ4v) is 3.56. The molecule has 0 unspecified atom stereocenters. The Morgan fingerprint density at radius 3 is 2.84 bits per heavy atom. The van der Waals surface area contributed by atoms with Crippen LogP contribution in [0.5, 0.6) is 5.75 Å². The van der Waals surface area contributed by atoms with E-state index in [2.05, 4.69) is 53.0 Å². The van der Waals surface area contributed by atoms with Crippen molar-refractivity contribution in [2.24, 2.45) is 0 Å². The highest BCUT2D eigenvalue weighted by atomic mass is 16.5. The van der Waals surface area contributed by atoms with Crippen molar-refractivity contribution in [3.05, 3.63) is 65.2 Å². The molecule has 0 aliphatic carbocycles. The number of nitrogens with one attached hydrogen (secondary N) is 2. The first kappa shape index (κ1) is 17.5. The monoisotopic (exact) mass is 334 g/mol. The number of benzene rings is 2. The van der Waals surface area contributed by atoms with E-state index in [0.717, 1.165) is 30.0 Å². The van der Waals surface area contributed by atoms with Gasteiger partial charge in [0.1, 0.15) is 5.75 Å². The largest absolute Gasteiger partial charge is 0.496 e. The first-order chi connectivity index (χ1) is 12.3. The summed E-state index contributed by atoms with van der Waals surface area (Å²) in [5, 5.41) is 7.40. The van der Waals surface area contributed by atoms with E-state index in [0.29, 0.717) is 18.5 Å². The smallest absolute Gasteiger partial charge is 0.123 e. The van der Waals surface area contributed by atoms with E-state index < -0.39 is 0 Å². The zero-order valence-corrected chi connectivity index (χ0v) is 14.8. The molecule has 1 aliphatic heterocycles. The van der Waals surface area contributed by atoms with Gasteiger partial charge in [0.2, 0.25) is 0 Å². The molecular weight excluding hydrogens is 308 g/mol. The first-order valence-corrected chi connectivity index (χ1v) is 8.93. The lowest BCUT2D eigenvalue weighted by Crippen LogP contribution is -2.45. The average Bonchev–Trinajstić information content (AvgIpc) is 2.68. The summed E-state index contributed by atoms with van der Waals surface area (Å²) in [4.78, 5) is 0. The number of rotatable bonds is 6. The minimum atomic E-state index is 0.342. The summed E-state index contributed by atoms with van der Waals surface area (Å²) >= 11 is 0. The lowest BCUT2D eigenvalue weighted by molar-refractivity contribution is 0.303. The minimum absolute atomic E-state index is 0.342. The van der Waals surface area contributed by atoms with Gasteiger partial charge in [-0.25, -0.2) is 0 Å². The molecule has 0 spiro atoms. The summed E-state index contributed by atoms with van der Waals surface area (Å²) in [5.74, 6) is 3.62. The van der Waals surface area contributed by atoms with Gasteiger partial charge in [-0.15, -0.1) is 12.3 Å². The summed E-state index contributed by atoms with van der Waals surface area (Å²) in [5.41, 5.74) is 3.65. The van der Waals surface area contributed by atoms with E-state index >= 15 is 0 Å². The van der Waals surface area contributed by atoms with Gasteiger partial charge in [-0.1, -0.05) is 36.4 Å². The second-order valence-electron chi connectivity index (χ2n) is 6.50. The Morgan fingerprint density at radius 1 is 1.24 bits per heavy atom. The summed E-state index contributed by atoms with van der Waals surface area (Å²) in [6, 6.07) is 17.6. The molecule has 1 saturated heterocycles. The van der Waals surface area contributed by atoms with Crippen LogP contribution in [0.3, 0.4) is 0 Å². The quantitative estimate of drug-likeness (QED) is 0.794.